The zero-order chi connectivity index (χ0) is 20.3. The SMILES string of the molecule is O=C1CN(c2cc(Oc3ccccc3)ccc2OCc2ccccc2)S(=O)(=O)N1.[KH]. The van der Waals surface area contributed by atoms with Crippen LogP contribution in [-0.4, -0.2) is 72.3 Å². The molecule has 30 heavy (non-hydrogen) atoms. The molecular formula is C21H19KN2O5S. The minimum absolute atomic E-state index is 0. The van der Waals surface area contributed by atoms with Gasteiger partial charge in [-0.15, -0.1) is 0 Å². The Morgan fingerprint density at radius 1 is 0.900 bits per heavy atom. The van der Waals surface area contributed by atoms with E-state index in [1.165, 1.54) is 0 Å². The van der Waals surface area contributed by atoms with E-state index in [0.29, 0.717) is 17.2 Å². The number of nitrogens with one attached hydrogen (secondary N) is 1. The van der Waals surface area contributed by atoms with Crippen molar-refractivity contribution in [1.82, 2.24) is 4.72 Å². The topological polar surface area (TPSA) is 84.9 Å². The number of rotatable bonds is 6. The second kappa shape index (κ2) is 9.95. The van der Waals surface area contributed by atoms with Crippen LogP contribution < -0.4 is 18.5 Å². The van der Waals surface area contributed by atoms with Gasteiger partial charge >= 0.3 is 61.6 Å². The average molecular weight is 451 g/mol. The van der Waals surface area contributed by atoms with Gasteiger partial charge in [-0.3, -0.25) is 4.79 Å². The van der Waals surface area contributed by atoms with Crippen LogP contribution in [0.2, 0.25) is 0 Å². The molecule has 1 amide bonds. The van der Waals surface area contributed by atoms with Crippen LogP contribution in [0.5, 0.6) is 17.2 Å². The van der Waals surface area contributed by atoms with Gasteiger partial charge in [0.15, 0.2) is 0 Å². The van der Waals surface area contributed by atoms with Crippen molar-refractivity contribution in [3.05, 3.63) is 84.4 Å². The number of hydrogen-bond donors (Lipinski definition) is 1. The molecule has 1 heterocycles. The molecule has 1 aliphatic heterocycles. The number of carbonyl (C=O) groups is 1. The van der Waals surface area contributed by atoms with Crippen LogP contribution in [0.3, 0.4) is 0 Å². The number of anilines is 1. The number of ether oxygens (including phenoxy) is 2. The monoisotopic (exact) mass is 450 g/mol. The van der Waals surface area contributed by atoms with E-state index in [0.717, 1.165) is 9.87 Å². The molecule has 1 aliphatic rings. The van der Waals surface area contributed by atoms with Gasteiger partial charge in [0.25, 0.3) is 5.91 Å². The number of benzene rings is 3. The van der Waals surface area contributed by atoms with Crippen LogP contribution in [-0.2, 0) is 21.6 Å². The Kier molecular flexibility index (Phi) is 7.56. The summed E-state index contributed by atoms with van der Waals surface area (Å²) < 4.78 is 39.4. The molecule has 0 aliphatic carbocycles. The maximum absolute atomic E-state index is 12.4. The Balaban J connectivity index is 0.00000256. The molecule has 0 unspecified atom stereocenters. The van der Waals surface area contributed by atoms with Gasteiger partial charge in [-0.1, -0.05) is 48.5 Å². The van der Waals surface area contributed by atoms with Gasteiger partial charge in [-0.25, -0.2) is 9.03 Å². The first-order valence-corrected chi connectivity index (χ1v) is 10.3. The molecule has 3 aromatic rings. The van der Waals surface area contributed by atoms with Crippen molar-refractivity contribution in [3.63, 3.8) is 0 Å². The molecule has 4 rings (SSSR count). The maximum atomic E-state index is 12.4. The molecule has 0 bridgehead atoms. The fourth-order valence-electron chi connectivity index (χ4n) is 2.90. The van der Waals surface area contributed by atoms with Crippen molar-refractivity contribution in [1.29, 1.82) is 0 Å². The molecule has 0 aromatic heterocycles. The minimum atomic E-state index is -3.99. The van der Waals surface area contributed by atoms with E-state index in [1.807, 2.05) is 53.3 Å². The number of nitrogens with zero attached hydrogens (tertiary/aromatic N) is 1. The van der Waals surface area contributed by atoms with E-state index in [-0.39, 0.29) is 70.2 Å². The van der Waals surface area contributed by atoms with Crippen molar-refractivity contribution < 1.29 is 22.7 Å². The summed E-state index contributed by atoms with van der Waals surface area (Å²) in [6, 6.07) is 23.5. The molecule has 150 valence electrons. The average Bonchev–Trinajstić information content (AvgIpc) is 3.00. The molecule has 0 spiro atoms. The molecule has 9 heteroatoms. The Hall–Kier alpha value is -1.88. The summed E-state index contributed by atoms with van der Waals surface area (Å²) in [5, 5.41) is 0. The standard InChI is InChI=1S/C21H18N2O5S.K.H/c24-21-14-23(29(25,26)22-21)19-13-18(28-17-9-5-2-6-10-17)11-12-20(19)27-15-16-7-3-1-4-8-16;;/h1-13H,14-15H2,(H,22,24);;. The summed E-state index contributed by atoms with van der Waals surface area (Å²) in [6.45, 7) is -0.0686. The number of carbonyl (C=O) groups excluding carboxylic acids is 1. The fourth-order valence-corrected chi connectivity index (χ4v) is 4.05. The van der Waals surface area contributed by atoms with E-state index in [1.54, 1.807) is 30.3 Å². The van der Waals surface area contributed by atoms with Crippen molar-refractivity contribution in [2.75, 3.05) is 10.8 Å². The number of hydrogen-bond acceptors (Lipinski definition) is 5. The molecule has 1 fully saturated rings. The van der Waals surface area contributed by atoms with E-state index < -0.39 is 16.1 Å². The van der Waals surface area contributed by atoms with E-state index >= 15 is 0 Å². The summed E-state index contributed by atoms with van der Waals surface area (Å²) in [5.74, 6) is 0.755. The van der Waals surface area contributed by atoms with Gasteiger partial charge in [0.2, 0.25) is 0 Å². The van der Waals surface area contributed by atoms with Gasteiger partial charge in [0.1, 0.15) is 30.4 Å². The zero-order valence-corrected chi connectivity index (χ0v) is 16.1. The van der Waals surface area contributed by atoms with Crippen molar-refractivity contribution in [2.24, 2.45) is 0 Å². The van der Waals surface area contributed by atoms with Crippen LogP contribution in [0.15, 0.2) is 78.9 Å². The molecule has 0 radical (unpaired) electrons. The molecule has 1 N–H and O–H groups in total. The van der Waals surface area contributed by atoms with Crippen LogP contribution in [0.1, 0.15) is 5.56 Å². The molecule has 0 saturated carbocycles. The van der Waals surface area contributed by atoms with Crippen molar-refractivity contribution in [3.8, 4) is 17.2 Å². The predicted molar refractivity (Wildman–Crippen MR) is 115 cm³/mol. The van der Waals surface area contributed by atoms with Crippen molar-refractivity contribution in [2.45, 2.75) is 6.61 Å². The summed E-state index contributed by atoms with van der Waals surface area (Å²) >= 11 is 0. The van der Waals surface area contributed by atoms with Crippen LogP contribution >= 0.6 is 0 Å². The Morgan fingerprint density at radius 2 is 1.57 bits per heavy atom. The molecule has 3 aromatic carbocycles. The fraction of sp³-hybridized carbons (Fsp3) is 0.0952. The summed E-state index contributed by atoms with van der Waals surface area (Å²) in [5.41, 5.74) is 1.16. The Morgan fingerprint density at radius 3 is 2.20 bits per heavy atom. The molecule has 1 saturated heterocycles. The van der Waals surface area contributed by atoms with Gasteiger partial charge < -0.3 is 9.47 Å². The Bertz CT molecular complexity index is 1120. The van der Waals surface area contributed by atoms with Crippen LogP contribution in [0, 0.1) is 0 Å². The van der Waals surface area contributed by atoms with E-state index in [9.17, 15) is 13.2 Å². The van der Waals surface area contributed by atoms with Gasteiger partial charge in [0.05, 0.1) is 5.69 Å². The van der Waals surface area contributed by atoms with Crippen LogP contribution in [0.25, 0.3) is 0 Å². The third kappa shape index (κ3) is 5.42. The molecular weight excluding hydrogens is 431 g/mol. The quantitative estimate of drug-likeness (QED) is 0.584. The summed E-state index contributed by atoms with van der Waals surface area (Å²) in [4.78, 5) is 11.7. The third-order valence-corrected chi connectivity index (χ3v) is 5.63. The zero-order valence-electron chi connectivity index (χ0n) is 15.3. The first-order chi connectivity index (χ1) is 14.0. The predicted octanol–water partition coefficient (Wildman–Crippen LogP) is 2.59. The van der Waals surface area contributed by atoms with Gasteiger partial charge in [-0.2, -0.15) is 8.42 Å². The first kappa shape index (κ1) is 22.8. The van der Waals surface area contributed by atoms with Crippen LogP contribution in [0.4, 0.5) is 5.69 Å². The number of para-hydroxylation sites is 1. The summed E-state index contributed by atoms with van der Waals surface area (Å²) in [7, 11) is -3.99. The van der Waals surface area contributed by atoms with Gasteiger partial charge in [0, 0.05) is 6.07 Å². The number of amides is 1. The second-order valence-electron chi connectivity index (χ2n) is 6.36. The van der Waals surface area contributed by atoms with Gasteiger partial charge in [-0.05, 0) is 29.8 Å². The van der Waals surface area contributed by atoms with E-state index in [4.69, 9.17) is 9.47 Å². The second-order valence-corrected chi connectivity index (χ2v) is 7.95. The first-order valence-electron chi connectivity index (χ1n) is 8.88. The van der Waals surface area contributed by atoms with Crippen molar-refractivity contribution >= 4 is 73.2 Å². The molecule has 7 nitrogen and oxygen atoms in total. The summed E-state index contributed by atoms with van der Waals surface area (Å²) in [6.07, 6.45) is 0. The molecule has 0 atom stereocenters. The van der Waals surface area contributed by atoms with E-state index in [2.05, 4.69) is 0 Å². The normalized spacial score (nSPS) is 14.5. The third-order valence-electron chi connectivity index (χ3n) is 4.24. The Labute approximate surface area is 217 Å².